The molecule has 1 saturated carbocycles. The molecule has 2 aromatic heterocycles. The lowest BCUT2D eigenvalue weighted by molar-refractivity contribution is 0.165. The first-order valence-corrected chi connectivity index (χ1v) is 7.94. The molecule has 5 nitrogen and oxygen atoms in total. The molecule has 0 saturated heterocycles. The van der Waals surface area contributed by atoms with Crippen LogP contribution in [-0.2, 0) is 13.0 Å². The number of nitrogens with zero attached hydrogens (tertiary/aromatic N) is 4. The van der Waals surface area contributed by atoms with E-state index in [1.807, 2.05) is 30.7 Å². The van der Waals surface area contributed by atoms with Crippen LogP contribution >= 0.6 is 0 Å². The third-order valence-corrected chi connectivity index (χ3v) is 4.34. The zero-order valence-electron chi connectivity index (χ0n) is 12.9. The minimum absolute atomic E-state index is 0.543. The average molecular weight is 288 g/mol. The van der Waals surface area contributed by atoms with E-state index in [0.29, 0.717) is 12.5 Å². The van der Waals surface area contributed by atoms with Gasteiger partial charge in [0.2, 0.25) is 0 Å². The molecule has 1 atom stereocenters. The Morgan fingerprint density at radius 2 is 2.10 bits per heavy atom. The van der Waals surface area contributed by atoms with E-state index in [4.69, 9.17) is 0 Å². The second kappa shape index (κ2) is 6.02. The lowest BCUT2D eigenvalue weighted by Gasteiger charge is -2.12. The molecule has 1 aliphatic carbocycles. The van der Waals surface area contributed by atoms with Crippen LogP contribution in [0, 0.1) is 6.92 Å². The molecule has 0 aromatic carbocycles. The molecule has 2 aromatic rings. The van der Waals surface area contributed by atoms with Gasteiger partial charge in [-0.05, 0) is 38.8 Å². The van der Waals surface area contributed by atoms with Crippen LogP contribution in [0.15, 0.2) is 18.3 Å². The van der Waals surface area contributed by atoms with Crippen molar-refractivity contribution < 1.29 is 5.11 Å². The first kappa shape index (κ1) is 14.3. The molecule has 21 heavy (non-hydrogen) atoms. The first-order valence-electron chi connectivity index (χ1n) is 7.94. The molecular weight excluding hydrogens is 264 g/mol. The highest BCUT2D eigenvalue weighted by Gasteiger charge is 2.19. The lowest BCUT2D eigenvalue weighted by atomic mass is 10.1. The van der Waals surface area contributed by atoms with E-state index in [1.165, 1.54) is 25.7 Å². The highest BCUT2D eigenvalue weighted by atomic mass is 16.3. The summed E-state index contributed by atoms with van der Waals surface area (Å²) in [7, 11) is 0. The van der Waals surface area contributed by atoms with Gasteiger partial charge in [0.1, 0.15) is 6.10 Å². The van der Waals surface area contributed by atoms with Crippen molar-refractivity contribution in [2.24, 2.45) is 0 Å². The Labute approximate surface area is 125 Å². The summed E-state index contributed by atoms with van der Waals surface area (Å²) in [6, 6.07) is 4.54. The number of aromatic nitrogens is 4. The summed E-state index contributed by atoms with van der Waals surface area (Å²) in [5.41, 5.74) is 2.78. The molecule has 0 amide bonds. The van der Waals surface area contributed by atoms with Crippen molar-refractivity contribution in [3.05, 3.63) is 35.4 Å². The van der Waals surface area contributed by atoms with E-state index in [1.54, 1.807) is 0 Å². The number of hydrogen-bond donors (Lipinski definition) is 1. The third-order valence-electron chi connectivity index (χ3n) is 4.34. The van der Waals surface area contributed by atoms with Crippen LogP contribution in [-0.4, -0.2) is 24.7 Å². The van der Waals surface area contributed by atoms with Crippen molar-refractivity contribution in [1.82, 2.24) is 19.6 Å². The van der Waals surface area contributed by atoms with Gasteiger partial charge in [-0.25, -0.2) is 0 Å². The topological polar surface area (TPSA) is 55.9 Å². The van der Waals surface area contributed by atoms with Gasteiger partial charge in [0.15, 0.2) is 0 Å². The van der Waals surface area contributed by atoms with Crippen LogP contribution in [0.4, 0.5) is 0 Å². The number of hydrogen-bond acceptors (Lipinski definition) is 3. The second-order valence-corrected chi connectivity index (χ2v) is 5.97. The van der Waals surface area contributed by atoms with E-state index < -0.39 is 6.10 Å². The van der Waals surface area contributed by atoms with Gasteiger partial charge in [0.05, 0.1) is 23.1 Å². The summed E-state index contributed by atoms with van der Waals surface area (Å²) >= 11 is 0. The van der Waals surface area contributed by atoms with Crippen molar-refractivity contribution in [3.8, 4) is 0 Å². The number of aliphatic hydroxyl groups is 1. The maximum Gasteiger partial charge on any atom is 0.101 e. The Kier molecular flexibility index (Phi) is 4.10. The van der Waals surface area contributed by atoms with E-state index >= 15 is 0 Å². The Balaban J connectivity index is 1.70. The van der Waals surface area contributed by atoms with E-state index in [9.17, 15) is 5.11 Å². The van der Waals surface area contributed by atoms with Crippen LogP contribution in [0.3, 0.4) is 0 Å². The third kappa shape index (κ3) is 3.02. The monoisotopic (exact) mass is 288 g/mol. The zero-order chi connectivity index (χ0) is 14.8. The summed E-state index contributed by atoms with van der Waals surface area (Å²) < 4.78 is 3.95. The summed E-state index contributed by atoms with van der Waals surface area (Å²) in [5, 5.41) is 19.5. The Morgan fingerprint density at radius 1 is 1.33 bits per heavy atom. The SMILES string of the molecule is CCn1nc(C)cc1C(O)Cc1ccn(C2CCCC2)n1. The molecule has 0 bridgehead atoms. The van der Waals surface area contributed by atoms with Crippen molar-refractivity contribution in [1.29, 1.82) is 0 Å². The van der Waals surface area contributed by atoms with Crippen LogP contribution < -0.4 is 0 Å². The van der Waals surface area contributed by atoms with Crippen molar-refractivity contribution in [2.75, 3.05) is 0 Å². The minimum Gasteiger partial charge on any atom is -0.386 e. The lowest BCUT2D eigenvalue weighted by Crippen LogP contribution is -2.11. The van der Waals surface area contributed by atoms with Gasteiger partial charge in [-0.15, -0.1) is 0 Å². The largest absolute Gasteiger partial charge is 0.386 e. The van der Waals surface area contributed by atoms with E-state index in [0.717, 1.165) is 23.6 Å². The second-order valence-electron chi connectivity index (χ2n) is 5.97. The molecule has 0 spiro atoms. The number of rotatable bonds is 5. The van der Waals surface area contributed by atoms with E-state index in [-0.39, 0.29) is 0 Å². The zero-order valence-corrected chi connectivity index (χ0v) is 12.9. The van der Waals surface area contributed by atoms with Crippen molar-refractivity contribution >= 4 is 0 Å². The maximum absolute atomic E-state index is 10.5. The quantitative estimate of drug-likeness (QED) is 0.920. The fourth-order valence-corrected chi connectivity index (χ4v) is 3.25. The minimum atomic E-state index is -0.543. The van der Waals surface area contributed by atoms with Gasteiger partial charge in [-0.2, -0.15) is 10.2 Å². The molecule has 1 unspecified atom stereocenters. The summed E-state index contributed by atoms with van der Waals surface area (Å²) in [6.45, 7) is 4.77. The molecule has 0 radical (unpaired) electrons. The summed E-state index contributed by atoms with van der Waals surface area (Å²) in [5.74, 6) is 0. The molecule has 1 fully saturated rings. The van der Waals surface area contributed by atoms with Gasteiger partial charge < -0.3 is 5.11 Å². The number of aliphatic hydroxyl groups excluding tert-OH is 1. The normalized spacial score (nSPS) is 17.5. The van der Waals surface area contributed by atoms with Gasteiger partial charge in [0.25, 0.3) is 0 Å². The molecule has 3 rings (SSSR count). The van der Waals surface area contributed by atoms with Gasteiger partial charge in [-0.1, -0.05) is 12.8 Å². The van der Waals surface area contributed by atoms with Crippen molar-refractivity contribution in [2.45, 2.75) is 64.6 Å². The Hall–Kier alpha value is -1.62. The molecule has 2 heterocycles. The smallest absolute Gasteiger partial charge is 0.101 e. The fraction of sp³-hybridized carbons (Fsp3) is 0.625. The average Bonchev–Trinajstić information content (AvgIpc) is 3.16. The molecule has 114 valence electrons. The molecule has 5 heteroatoms. The predicted molar refractivity (Wildman–Crippen MR) is 81.0 cm³/mol. The van der Waals surface area contributed by atoms with Crippen LogP contribution in [0.1, 0.15) is 61.8 Å². The van der Waals surface area contributed by atoms with Crippen molar-refractivity contribution in [3.63, 3.8) is 0 Å². The standard InChI is InChI=1S/C16H24N4O/c1-3-19-15(10-12(2)17-19)16(21)11-13-8-9-20(18-13)14-6-4-5-7-14/h8-10,14,16,21H,3-7,11H2,1-2H3. The van der Waals surface area contributed by atoms with Crippen LogP contribution in [0.5, 0.6) is 0 Å². The summed E-state index contributed by atoms with van der Waals surface area (Å²) in [6.07, 6.45) is 7.12. The molecule has 1 aliphatic rings. The predicted octanol–water partition coefficient (Wildman–Crippen LogP) is 2.80. The maximum atomic E-state index is 10.5. The van der Waals surface area contributed by atoms with E-state index in [2.05, 4.69) is 21.1 Å². The van der Waals surface area contributed by atoms with Gasteiger partial charge >= 0.3 is 0 Å². The van der Waals surface area contributed by atoms with Crippen LogP contribution in [0.2, 0.25) is 0 Å². The van der Waals surface area contributed by atoms with Crippen LogP contribution in [0.25, 0.3) is 0 Å². The Bertz CT molecular complexity index is 595. The number of aryl methyl sites for hydroxylation is 2. The van der Waals surface area contributed by atoms with Gasteiger partial charge in [0, 0.05) is 19.2 Å². The first-order chi connectivity index (χ1) is 10.2. The molecule has 1 N–H and O–H groups in total. The molecular formula is C16H24N4O. The summed E-state index contributed by atoms with van der Waals surface area (Å²) in [4.78, 5) is 0. The highest BCUT2D eigenvalue weighted by molar-refractivity contribution is 5.14. The highest BCUT2D eigenvalue weighted by Crippen LogP contribution is 2.29. The van der Waals surface area contributed by atoms with Gasteiger partial charge in [-0.3, -0.25) is 9.36 Å². The Morgan fingerprint density at radius 3 is 2.81 bits per heavy atom. The fourth-order valence-electron chi connectivity index (χ4n) is 3.25. The molecule has 0 aliphatic heterocycles.